The number of Topliss-reactive ketones (excluding diaryl/α,β-unsaturated/α-hetero) is 5. The number of ketones is 5. The summed E-state index contributed by atoms with van der Waals surface area (Å²) in [5, 5.41) is 45.3. The average Bonchev–Trinajstić information content (AvgIpc) is 2.95. The van der Waals surface area contributed by atoms with E-state index in [4.69, 9.17) is 0 Å². The van der Waals surface area contributed by atoms with Gasteiger partial charge in [0.15, 0.2) is 11.6 Å². The maximum atomic E-state index is 13.7. The summed E-state index contributed by atoms with van der Waals surface area (Å²) >= 11 is 0. The molecule has 37 heavy (non-hydrogen) atoms. The van der Waals surface area contributed by atoms with Gasteiger partial charge in [-0.15, -0.1) is 0 Å². The molecule has 3 aromatic carbocycles. The Bertz CT molecular complexity index is 1320. The van der Waals surface area contributed by atoms with Crippen molar-refractivity contribution in [3.05, 3.63) is 108 Å². The van der Waals surface area contributed by atoms with Gasteiger partial charge >= 0.3 is 0 Å². The summed E-state index contributed by atoms with van der Waals surface area (Å²) in [6.07, 6.45) is -5.54. The van der Waals surface area contributed by atoms with E-state index in [0.29, 0.717) is 6.92 Å². The third kappa shape index (κ3) is 4.81. The molecule has 0 aromatic heterocycles. The molecule has 4 atom stereocenters. The number of benzene rings is 3. The lowest BCUT2D eigenvalue weighted by molar-refractivity contribution is -0.182. The summed E-state index contributed by atoms with van der Waals surface area (Å²) < 4.78 is 0. The van der Waals surface area contributed by atoms with Crippen molar-refractivity contribution in [3.63, 3.8) is 0 Å². The molecule has 0 amide bonds. The predicted octanol–water partition coefficient (Wildman–Crippen LogP) is 0.977. The van der Waals surface area contributed by atoms with E-state index in [9.17, 15) is 44.4 Å². The van der Waals surface area contributed by atoms with Crippen LogP contribution in [0, 0.1) is 0 Å². The number of hydrogen-bond acceptors (Lipinski definition) is 9. The Kier molecular flexibility index (Phi) is 8.05. The van der Waals surface area contributed by atoms with Crippen LogP contribution in [-0.4, -0.2) is 72.8 Å². The first-order valence-electron chi connectivity index (χ1n) is 11.1. The third-order valence-electron chi connectivity index (χ3n) is 6.00. The van der Waals surface area contributed by atoms with Gasteiger partial charge < -0.3 is 20.4 Å². The first-order chi connectivity index (χ1) is 17.5. The van der Waals surface area contributed by atoms with Gasteiger partial charge in [0.05, 0.1) is 0 Å². The molecule has 0 fully saturated rings. The highest BCUT2D eigenvalue weighted by Gasteiger charge is 2.69. The van der Waals surface area contributed by atoms with Crippen molar-refractivity contribution in [3.8, 4) is 0 Å². The summed E-state index contributed by atoms with van der Waals surface area (Å²) in [5.41, 5.74) is -8.73. The van der Waals surface area contributed by atoms with Crippen LogP contribution in [0.15, 0.2) is 91.0 Å². The van der Waals surface area contributed by atoms with Crippen LogP contribution >= 0.6 is 0 Å². The molecule has 9 heteroatoms. The van der Waals surface area contributed by atoms with Gasteiger partial charge in [0.1, 0.15) is 12.2 Å². The van der Waals surface area contributed by atoms with E-state index in [1.54, 1.807) is 6.07 Å². The molecule has 9 nitrogen and oxygen atoms in total. The van der Waals surface area contributed by atoms with Crippen molar-refractivity contribution < 1.29 is 44.4 Å². The van der Waals surface area contributed by atoms with Crippen molar-refractivity contribution >= 4 is 28.9 Å². The SMILES string of the molecule is CC(=O)C(=O)[C@@](O)(C(=O)c1ccccc1)[C@@](O)(C(=O)c1ccccc1)[C@H](O)C(O)C(=O)c1ccccc1. The Hall–Kier alpha value is -4.15. The van der Waals surface area contributed by atoms with Crippen LogP contribution in [-0.2, 0) is 9.59 Å². The maximum absolute atomic E-state index is 13.7. The molecular formula is C28H24O9. The molecule has 190 valence electrons. The minimum absolute atomic E-state index is 0.139. The molecule has 0 spiro atoms. The largest absolute Gasteiger partial charge is 0.386 e. The number of aliphatic hydroxyl groups excluding tert-OH is 2. The number of carbonyl (C=O) groups excluding carboxylic acids is 5. The van der Waals surface area contributed by atoms with Crippen LogP contribution in [0.2, 0.25) is 0 Å². The van der Waals surface area contributed by atoms with Gasteiger partial charge in [-0.05, 0) is 0 Å². The fourth-order valence-electron chi connectivity index (χ4n) is 3.97. The van der Waals surface area contributed by atoms with Gasteiger partial charge in [0.2, 0.25) is 28.6 Å². The minimum Gasteiger partial charge on any atom is -0.386 e. The van der Waals surface area contributed by atoms with Crippen LogP contribution in [0.4, 0.5) is 0 Å². The van der Waals surface area contributed by atoms with Crippen LogP contribution in [0.5, 0.6) is 0 Å². The Labute approximate surface area is 211 Å². The lowest BCUT2D eigenvalue weighted by atomic mass is 9.66. The van der Waals surface area contributed by atoms with E-state index in [1.807, 2.05) is 0 Å². The van der Waals surface area contributed by atoms with Crippen LogP contribution in [0.1, 0.15) is 38.0 Å². The molecule has 3 aromatic rings. The first kappa shape index (κ1) is 27.4. The fourth-order valence-corrected chi connectivity index (χ4v) is 3.97. The maximum Gasteiger partial charge on any atom is 0.241 e. The molecule has 0 aliphatic rings. The summed E-state index contributed by atoms with van der Waals surface area (Å²) in [4.78, 5) is 65.4. The highest BCUT2D eigenvalue weighted by Crippen LogP contribution is 2.36. The summed E-state index contributed by atoms with van der Waals surface area (Å²) in [7, 11) is 0. The Morgan fingerprint density at radius 3 is 1.41 bits per heavy atom. The zero-order valence-corrected chi connectivity index (χ0v) is 19.6. The van der Waals surface area contributed by atoms with Crippen molar-refractivity contribution in [2.45, 2.75) is 30.3 Å². The van der Waals surface area contributed by atoms with E-state index in [2.05, 4.69) is 0 Å². The number of carbonyl (C=O) groups is 5. The first-order valence-corrected chi connectivity index (χ1v) is 11.1. The Morgan fingerprint density at radius 1 is 0.622 bits per heavy atom. The van der Waals surface area contributed by atoms with Gasteiger partial charge in [0, 0.05) is 23.6 Å². The third-order valence-corrected chi connectivity index (χ3v) is 6.00. The molecule has 1 unspecified atom stereocenters. The molecule has 0 radical (unpaired) electrons. The Balaban J connectivity index is 2.29. The zero-order valence-electron chi connectivity index (χ0n) is 19.6. The summed E-state index contributed by atoms with van der Waals surface area (Å²) in [6, 6.07) is 20.0. The number of rotatable bonds is 11. The molecule has 0 heterocycles. The van der Waals surface area contributed by atoms with Gasteiger partial charge in [-0.2, -0.15) is 0 Å². The standard InChI is InChI=1S/C28H24O9/c1-17(29)23(32)27(36,24(33)19-13-7-3-8-14-19)28(37,25(34)20-15-9-4-10-16-20)26(35)22(31)21(30)18-11-5-2-6-12-18/h2-16,22,26,31,35-37H,1H3/t22?,26-,27-,28-/m1/s1. The van der Waals surface area contributed by atoms with Crippen molar-refractivity contribution in [1.29, 1.82) is 0 Å². The quantitative estimate of drug-likeness (QED) is 0.169. The zero-order chi connectivity index (χ0) is 27.4. The molecule has 4 N–H and O–H groups in total. The highest BCUT2D eigenvalue weighted by atomic mass is 16.4. The summed E-state index contributed by atoms with van der Waals surface area (Å²) in [5.74, 6) is -7.72. The number of hydrogen-bond donors (Lipinski definition) is 4. The number of aliphatic hydroxyl groups is 4. The van der Waals surface area contributed by atoms with Crippen LogP contribution in [0.3, 0.4) is 0 Å². The molecule has 0 aliphatic carbocycles. The normalized spacial score (nSPS) is 15.9. The predicted molar refractivity (Wildman–Crippen MR) is 130 cm³/mol. The van der Waals surface area contributed by atoms with E-state index in [-0.39, 0.29) is 11.1 Å². The fraction of sp³-hybridized carbons (Fsp3) is 0.179. The second-order valence-corrected chi connectivity index (χ2v) is 8.37. The van der Waals surface area contributed by atoms with Gasteiger partial charge in [-0.25, -0.2) is 0 Å². The van der Waals surface area contributed by atoms with Crippen molar-refractivity contribution in [1.82, 2.24) is 0 Å². The Morgan fingerprint density at radius 2 is 1.00 bits per heavy atom. The van der Waals surface area contributed by atoms with E-state index in [0.717, 1.165) is 24.3 Å². The van der Waals surface area contributed by atoms with Crippen molar-refractivity contribution in [2.75, 3.05) is 0 Å². The second kappa shape index (κ2) is 10.9. The molecular weight excluding hydrogens is 480 g/mol. The minimum atomic E-state index is -3.93. The van der Waals surface area contributed by atoms with Crippen LogP contribution in [0.25, 0.3) is 0 Å². The van der Waals surface area contributed by atoms with Gasteiger partial charge in [-0.1, -0.05) is 91.0 Å². The molecule has 0 aliphatic heterocycles. The van der Waals surface area contributed by atoms with Crippen molar-refractivity contribution in [2.24, 2.45) is 0 Å². The molecule has 0 saturated carbocycles. The van der Waals surface area contributed by atoms with Gasteiger partial charge in [-0.3, -0.25) is 24.0 Å². The van der Waals surface area contributed by atoms with Crippen LogP contribution < -0.4 is 0 Å². The molecule has 3 rings (SSSR count). The highest BCUT2D eigenvalue weighted by molar-refractivity contribution is 6.47. The smallest absolute Gasteiger partial charge is 0.241 e. The monoisotopic (exact) mass is 504 g/mol. The lowest BCUT2D eigenvalue weighted by Gasteiger charge is -2.43. The van der Waals surface area contributed by atoms with E-state index >= 15 is 0 Å². The van der Waals surface area contributed by atoms with Gasteiger partial charge in [0.25, 0.3) is 0 Å². The average molecular weight is 504 g/mol. The second-order valence-electron chi connectivity index (χ2n) is 8.37. The van der Waals surface area contributed by atoms with E-state index in [1.165, 1.54) is 60.7 Å². The van der Waals surface area contributed by atoms with E-state index < -0.39 is 57.9 Å². The molecule has 0 bridgehead atoms. The topological polar surface area (TPSA) is 166 Å². The lowest BCUT2D eigenvalue weighted by Crippen LogP contribution is -2.75. The summed E-state index contributed by atoms with van der Waals surface area (Å²) in [6.45, 7) is 0.691. The molecule has 0 saturated heterocycles.